The van der Waals surface area contributed by atoms with Crippen molar-refractivity contribution in [3.8, 4) is 0 Å². The molecular weight excluding hydrogens is 217 g/mol. The van der Waals surface area contributed by atoms with Crippen molar-refractivity contribution >= 4 is 5.69 Å². The molecule has 2 nitrogen and oxygen atoms in total. The summed E-state index contributed by atoms with van der Waals surface area (Å²) in [6.45, 7) is 5.31. The van der Waals surface area contributed by atoms with Crippen LogP contribution in [0, 0.1) is 11.7 Å². The van der Waals surface area contributed by atoms with Crippen LogP contribution in [-0.2, 0) is 0 Å². The van der Waals surface area contributed by atoms with Gasteiger partial charge in [0.1, 0.15) is 5.82 Å². The Hall–Kier alpha value is -1.09. The van der Waals surface area contributed by atoms with E-state index in [-0.39, 0.29) is 18.0 Å². The molecule has 1 saturated heterocycles. The largest absolute Gasteiger partial charge is 0.396 e. The van der Waals surface area contributed by atoms with E-state index in [9.17, 15) is 4.39 Å². The van der Waals surface area contributed by atoms with E-state index >= 15 is 0 Å². The Morgan fingerprint density at radius 2 is 2.12 bits per heavy atom. The zero-order valence-corrected chi connectivity index (χ0v) is 10.5. The zero-order chi connectivity index (χ0) is 12.5. The zero-order valence-electron chi connectivity index (χ0n) is 10.5. The SMILES string of the molecule is CC1(C)CC(CCO)CN1c1ccccc1F. The van der Waals surface area contributed by atoms with Crippen molar-refractivity contribution in [2.75, 3.05) is 18.1 Å². The average Bonchev–Trinajstić information content (AvgIpc) is 2.55. The lowest BCUT2D eigenvalue weighted by Crippen LogP contribution is -2.38. The molecule has 0 spiro atoms. The number of halogens is 1. The van der Waals surface area contributed by atoms with Crippen LogP contribution in [0.3, 0.4) is 0 Å². The third kappa shape index (κ3) is 2.44. The van der Waals surface area contributed by atoms with Gasteiger partial charge in [-0.25, -0.2) is 4.39 Å². The van der Waals surface area contributed by atoms with E-state index in [2.05, 4.69) is 18.7 Å². The summed E-state index contributed by atoms with van der Waals surface area (Å²) in [5.41, 5.74) is 0.639. The van der Waals surface area contributed by atoms with E-state index in [0.29, 0.717) is 11.6 Å². The summed E-state index contributed by atoms with van der Waals surface area (Å²) < 4.78 is 13.8. The predicted molar refractivity (Wildman–Crippen MR) is 67.6 cm³/mol. The van der Waals surface area contributed by atoms with Gasteiger partial charge in [-0.15, -0.1) is 0 Å². The van der Waals surface area contributed by atoms with Crippen LogP contribution in [0.1, 0.15) is 26.7 Å². The topological polar surface area (TPSA) is 23.5 Å². The molecule has 1 N–H and O–H groups in total. The normalized spacial score (nSPS) is 23.1. The van der Waals surface area contributed by atoms with Gasteiger partial charge in [0.05, 0.1) is 5.69 Å². The van der Waals surface area contributed by atoms with Crippen LogP contribution in [0.2, 0.25) is 0 Å². The van der Waals surface area contributed by atoms with Crippen molar-refractivity contribution in [3.05, 3.63) is 30.1 Å². The fraction of sp³-hybridized carbons (Fsp3) is 0.571. The fourth-order valence-electron chi connectivity index (χ4n) is 2.86. The van der Waals surface area contributed by atoms with Crippen LogP contribution in [0.25, 0.3) is 0 Å². The highest BCUT2D eigenvalue weighted by molar-refractivity contribution is 5.51. The number of aliphatic hydroxyl groups is 1. The maximum atomic E-state index is 13.8. The number of rotatable bonds is 3. The molecule has 3 heteroatoms. The molecule has 1 aromatic rings. The second kappa shape index (κ2) is 4.65. The average molecular weight is 237 g/mol. The minimum absolute atomic E-state index is 0.0397. The molecule has 0 amide bonds. The Bertz CT molecular complexity index is 392. The first-order valence-corrected chi connectivity index (χ1v) is 6.17. The number of nitrogens with zero attached hydrogens (tertiary/aromatic N) is 1. The van der Waals surface area contributed by atoms with Crippen molar-refractivity contribution in [1.29, 1.82) is 0 Å². The molecule has 1 aliphatic rings. The van der Waals surface area contributed by atoms with E-state index in [1.54, 1.807) is 6.07 Å². The van der Waals surface area contributed by atoms with Gasteiger partial charge in [-0.3, -0.25) is 0 Å². The molecule has 1 heterocycles. The smallest absolute Gasteiger partial charge is 0.146 e. The first-order valence-electron chi connectivity index (χ1n) is 6.17. The van der Waals surface area contributed by atoms with Gasteiger partial charge >= 0.3 is 0 Å². The Balaban J connectivity index is 2.24. The summed E-state index contributed by atoms with van der Waals surface area (Å²) in [4.78, 5) is 2.13. The first-order chi connectivity index (χ1) is 8.04. The van der Waals surface area contributed by atoms with Crippen molar-refractivity contribution < 1.29 is 9.50 Å². The lowest BCUT2D eigenvalue weighted by Gasteiger charge is -2.33. The second-order valence-electron chi connectivity index (χ2n) is 5.46. The molecule has 0 aromatic heterocycles. The van der Waals surface area contributed by atoms with Gasteiger partial charge in [-0.2, -0.15) is 0 Å². The summed E-state index contributed by atoms with van der Waals surface area (Å²) in [6, 6.07) is 6.92. The number of anilines is 1. The van der Waals surface area contributed by atoms with E-state index < -0.39 is 0 Å². The molecule has 0 bridgehead atoms. The maximum Gasteiger partial charge on any atom is 0.146 e. The van der Waals surface area contributed by atoms with Crippen LogP contribution >= 0.6 is 0 Å². The standard InChI is InChI=1S/C14H20FNO/c1-14(2)9-11(7-8-17)10-16(14)13-6-4-3-5-12(13)15/h3-6,11,17H,7-10H2,1-2H3. The third-order valence-corrected chi connectivity index (χ3v) is 3.64. The predicted octanol–water partition coefficient (Wildman–Crippen LogP) is 2.81. The van der Waals surface area contributed by atoms with Crippen LogP contribution in [0.4, 0.5) is 10.1 Å². The number of aliphatic hydroxyl groups excluding tert-OH is 1. The van der Waals surface area contributed by atoms with Gasteiger partial charge in [0.15, 0.2) is 0 Å². The molecule has 2 rings (SSSR count). The quantitative estimate of drug-likeness (QED) is 0.873. The minimum Gasteiger partial charge on any atom is -0.396 e. The monoisotopic (exact) mass is 237 g/mol. The summed E-state index contributed by atoms with van der Waals surface area (Å²) in [6.07, 6.45) is 1.80. The van der Waals surface area contributed by atoms with Gasteiger partial charge in [0, 0.05) is 18.7 Å². The molecule has 1 aromatic carbocycles. The van der Waals surface area contributed by atoms with Gasteiger partial charge in [-0.05, 0) is 44.7 Å². The number of benzene rings is 1. The van der Waals surface area contributed by atoms with E-state index in [0.717, 1.165) is 19.4 Å². The van der Waals surface area contributed by atoms with Gasteiger partial charge in [0.2, 0.25) is 0 Å². The summed E-state index contributed by atoms with van der Waals surface area (Å²) in [5.74, 6) is 0.292. The highest BCUT2D eigenvalue weighted by Gasteiger charge is 2.38. The number of hydrogen-bond acceptors (Lipinski definition) is 2. The Kier molecular flexibility index (Phi) is 3.38. The first kappa shape index (κ1) is 12.4. The molecule has 1 atom stereocenters. The van der Waals surface area contributed by atoms with E-state index in [1.807, 2.05) is 12.1 Å². The molecule has 0 aliphatic carbocycles. The van der Waals surface area contributed by atoms with Crippen LogP contribution in [0.5, 0.6) is 0 Å². The van der Waals surface area contributed by atoms with Crippen LogP contribution in [-0.4, -0.2) is 23.8 Å². The summed E-state index contributed by atoms with van der Waals surface area (Å²) in [7, 11) is 0. The Morgan fingerprint density at radius 3 is 2.76 bits per heavy atom. The molecular formula is C14H20FNO. The lowest BCUT2D eigenvalue weighted by molar-refractivity contribution is 0.259. The van der Waals surface area contributed by atoms with Crippen molar-refractivity contribution in [3.63, 3.8) is 0 Å². The molecule has 0 saturated carbocycles. The fourth-order valence-corrected chi connectivity index (χ4v) is 2.86. The van der Waals surface area contributed by atoms with E-state index in [1.165, 1.54) is 6.07 Å². The summed E-state index contributed by atoms with van der Waals surface area (Å²) in [5, 5.41) is 9.02. The van der Waals surface area contributed by atoms with Crippen molar-refractivity contribution in [1.82, 2.24) is 0 Å². The summed E-state index contributed by atoms with van der Waals surface area (Å²) >= 11 is 0. The van der Waals surface area contributed by atoms with Gasteiger partial charge in [0.25, 0.3) is 0 Å². The second-order valence-corrected chi connectivity index (χ2v) is 5.46. The Labute approximate surface area is 102 Å². The Morgan fingerprint density at radius 1 is 1.41 bits per heavy atom. The number of para-hydroxylation sites is 1. The molecule has 94 valence electrons. The molecule has 1 aliphatic heterocycles. The van der Waals surface area contributed by atoms with Gasteiger partial charge < -0.3 is 10.0 Å². The highest BCUT2D eigenvalue weighted by atomic mass is 19.1. The van der Waals surface area contributed by atoms with Gasteiger partial charge in [-0.1, -0.05) is 12.1 Å². The lowest BCUT2D eigenvalue weighted by atomic mass is 9.94. The number of hydrogen-bond donors (Lipinski definition) is 1. The molecule has 17 heavy (non-hydrogen) atoms. The van der Waals surface area contributed by atoms with Crippen molar-refractivity contribution in [2.45, 2.75) is 32.2 Å². The molecule has 0 radical (unpaired) electrons. The highest BCUT2D eigenvalue weighted by Crippen LogP contribution is 2.38. The van der Waals surface area contributed by atoms with Crippen molar-refractivity contribution in [2.24, 2.45) is 5.92 Å². The van der Waals surface area contributed by atoms with E-state index in [4.69, 9.17) is 5.11 Å². The molecule has 1 fully saturated rings. The third-order valence-electron chi connectivity index (χ3n) is 3.64. The molecule has 1 unspecified atom stereocenters. The maximum absolute atomic E-state index is 13.8. The van der Waals surface area contributed by atoms with Crippen LogP contribution < -0.4 is 4.90 Å². The minimum atomic E-state index is -0.162. The van der Waals surface area contributed by atoms with Crippen LogP contribution in [0.15, 0.2) is 24.3 Å².